The number of carboxylic acids is 1. The second-order valence-electron chi connectivity index (χ2n) is 9.73. The van der Waals surface area contributed by atoms with Crippen molar-refractivity contribution in [2.24, 2.45) is 11.5 Å². The Morgan fingerprint density at radius 1 is 0.881 bits per heavy atom. The lowest BCUT2D eigenvalue weighted by Crippen LogP contribution is -2.60. The lowest BCUT2D eigenvalue weighted by atomic mass is 10.0. The van der Waals surface area contributed by atoms with Crippen LogP contribution in [0.3, 0.4) is 0 Å². The van der Waals surface area contributed by atoms with Gasteiger partial charge >= 0.3 is 5.97 Å². The molecule has 42 heavy (non-hydrogen) atoms. The highest BCUT2D eigenvalue weighted by Crippen LogP contribution is 2.17. The van der Waals surface area contributed by atoms with E-state index >= 15 is 0 Å². The van der Waals surface area contributed by atoms with Gasteiger partial charge in [0.15, 0.2) is 0 Å². The van der Waals surface area contributed by atoms with Crippen LogP contribution in [-0.4, -0.2) is 94.9 Å². The molecule has 14 nitrogen and oxygen atoms in total. The van der Waals surface area contributed by atoms with E-state index in [1.807, 2.05) is 0 Å². The molecule has 0 saturated carbocycles. The third-order valence-electron chi connectivity index (χ3n) is 6.64. The summed E-state index contributed by atoms with van der Waals surface area (Å²) < 4.78 is 0. The van der Waals surface area contributed by atoms with Crippen molar-refractivity contribution in [3.8, 4) is 0 Å². The van der Waals surface area contributed by atoms with E-state index in [1.54, 1.807) is 24.3 Å². The molecule has 14 heteroatoms. The van der Waals surface area contributed by atoms with Crippen LogP contribution in [0.1, 0.15) is 44.7 Å². The van der Waals surface area contributed by atoms with E-state index in [1.165, 1.54) is 34.1 Å². The van der Waals surface area contributed by atoms with E-state index in [9.17, 15) is 29.1 Å². The van der Waals surface area contributed by atoms with E-state index in [0.29, 0.717) is 17.5 Å². The molecule has 0 radical (unpaired) electrons. The third-order valence-corrected chi connectivity index (χ3v) is 6.64. The Labute approximate surface area is 242 Å². The van der Waals surface area contributed by atoms with Gasteiger partial charge in [-0.1, -0.05) is 24.3 Å². The molecule has 0 aliphatic carbocycles. The Balaban J connectivity index is 1.58. The first kappa shape index (κ1) is 31.3. The minimum atomic E-state index is -1.17. The molecule has 1 fully saturated rings. The Bertz CT molecular complexity index is 1360. The number of hydrogen-bond donors (Lipinski definition) is 7. The quantitative estimate of drug-likeness (QED) is 0.0928. The molecule has 2 aromatic carbocycles. The smallest absolute Gasteiger partial charge is 0.323 e. The van der Waals surface area contributed by atoms with Crippen LogP contribution in [0.15, 0.2) is 48.5 Å². The van der Waals surface area contributed by atoms with Gasteiger partial charge in [0.1, 0.15) is 18.4 Å². The fourth-order valence-electron chi connectivity index (χ4n) is 4.49. The van der Waals surface area contributed by atoms with Gasteiger partial charge in [-0.2, -0.15) is 0 Å². The molecule has 1 atom stereocenters. The molecule has 1 saturated heterocycles. The van der Waals surface area contributed by atoms with Crippen molar-refractivity contribution in [2.75, 3.05) is 32.7 Å². The van der Waals surface area contributed by atoms with Crippen LogP contribution in [0.25, 0.3) is 0 Å². The summed E-state index contributed by atoms with van der Waals surface area (Å²) in [6, 6.07) is 11.7. The van der Waals surface area contributed by atoms with Crippen LogP contribution < -0.4 is 22.1 Å². The van der Waals surface area contributed by atoms with Crippen molar-refractivity contribution in [3.63, 3.8) is 0 Å². The Hall–Kier alpha value is -5.27. The first-order valence-corrected chi connectivity index (χ1v) is 13.2. The highest BCUT2D eigenvalue weighted by molar-refractivity contribution is 5.99. The SMILES string of the molecule is N=C(N)Cc1ccc(C(=O)NCCC[C@H]2C(=O)N(CC(=O)O)CCN2C(=O)CNC(=O)c2ccc(C(=N)N)cc2)cc1. The molecular formula is C28H34N8O6. The molecule has 0 aromatic heterocycles. The summed E-state index contributed by atoms with van der Waals surface area (Å²) >= 11 is 0. The zero-order valence-electron chi connectivity index (χ0n) is 22.9. The van der Waals surface area contributed by atoms with E-state index in [0.717, 1.165) is 5.56 Å². The topological polar surface area (TPSA) is 236 Å². The molecule has 0 unspecified atom stereocenters. The number of aliphatic carboxylic acids is 1. The maximum absolute atomic E-state index is 13.1. The summed E-state index contributed by atoms with van der Waals surface area (Å²) in [6.45, 7) is -0.562. The number of carboxylic acid groups (broad SMARTS) is 1. The molecule has 3 rings (SSSR count). The summed E-state index contributed by atoms with van der Waals surface area (Å²) in [7, 11) is 0. The molecule has 1 aliphatic rings. The summed E-state index contributed by atoms with van der Waals surface area (Å²) in [5.41, 5.74) is 12.7. The maximum atomic E-state index is 13.1. The van der Waals surface area contributed by atoms with E-state index < -0.39 is 36.3 Å². The average Bonchev–Trinajstić information content (AvgIpc) is 2.95. The summed E-state index contributed by atoms with van der Waals surface area (Å²) in [6.07, 6.45) is 0.770. The van der Waals surface area contributed by atoms with Crippen molar-refractivity contribution in [2.45, 2.75) is 25.3 Å². The van der Waals surface area contributed by atoms with Crippen molar-refractivity contribution in [1.29, 1.82) is 10.8 Å². The Morgan fingerprint density at radius 2 is 1.45 bits per heavy atom. The van der Waals surface area contributed by atoms with Crippen LogP contribution in [0.4, 0.5) is 0 Å². The van der Waals surface area contributed by atoms with E-state index in [2.05, 4.69) is 10.6 Å². The fourth-order valence-corrected chi connectivity index (χ4v) is 4.49. The molecule has 0 bridgehead atoms. The number of nitrogens with two attached hydrogens (primary N) is 2. The third kappa shape index (κ3) is 8.61. The number of nitrogens with zero attached hydrogens (tertiary/aromatic N) is 2. The average molecular weight is 579 g/mol. The van der Waals surface area contributed by atoms with Crippen molar-refractivity contribution < 1.29 is 29.1 Å². The van der Waals surface area contributed by atoms with Crippen LogP contribution in [-0.2, 0) is 20.8 Å². The van der Waals surface area contributed by atoms with Gasteiger partial charge in [0, 0.05) is 42.7 Å². The number of rotatable bonds is 13. The first-order chi connectivity index (χ1) is 20.0. The van der Waals surface area contributed by atoms with Gasteiger partial charge < -0.3 is 37.0 Å². The van der Waals surface area contributed by atoms with E-state index in [-0.39, 0.29) is 62.2 Å². The fraction of sp³-hybridized carbons (Fsp3) is 0.321. The monoisotopic (exact) mass is 578 g/mol. The molecule has 222 valence electrons. The number of amides is 4. The predicted molar refractivity (Wildman–Crippen MR) is 153 cm³/mol. The van der Waals surface area contributed by atoms with Gasteiger partial charge in [-0.15, -0.1) is 0 Å². The van der Waals surface area contributed by atoms with Crippen molar-refractivity contribution in [3.05, 3.63) is 70.8 Å². The zero-order chi connectivity index (χ0) is 30.8. The second-order valence-corrected chi connectivity index (χ2v) is 9.73. The number of carbonyl (C=O) groups is 5. The first-order valence-electron chi connectivity index (χ1n) is 13.2. The molecule has 9 N–H and O–H groups in total. The van der Waals surface area contributed by atoms with Gasteiger partial charge in [-0.05, 0) is 42.7 Å². The zero-order valence-corrected chi connectivity index (χ0v) is 22.9. The Kier molecular flexibility index (Phi) is 10.7. The van der Waals surface area contributed by atoms with Crippen molar-refractivity contribution >= 4 is 41.3 Å². The summed E-state index contributed by atoms with van der Waals surface area (Å²) in [5, 5.41) is 29.3. The van der Waals surface area contributed by atoms with Gasteiger partial charge in [-0.3, -0.25) is 34.8 Å². The molecule has 0 spiro atoms. The van der Waals surface area contributed by atoms with Gasteiger partial charge in [0.2, 0.25) is 11.8 Å². The number of nitrogens with one attached hydrogen (secondary N) is 4. The number of piperazine rings is 1. The number of benzene rings is 2. The van der Waals surface area contributed by atoms with Crippen LogP contribution in [0.5, 0.6) is 0 Å². The maximum Gasteiger partial charge on any atom is 0.323 e. The summed E-state index contributed by atoms with van der Waals surface area (Å²) in [4.78, 5) is 65.0. The normalized spacial score (nSPS) is 14.7. The second kappa shape index (κ2) is 14.4. The summed E-state index contributed by atoms with van der Waals surface area (Å²) in [5.74, 6) is -3.19. The lowest BCUT2D eigenvalue weighted by molar-refractivity contribution is -0.155. The highest BCUT2D eigenvalue weighted by Gasteiger charge is 2.37. The molecule has 1 aliphatic heterocycles. The number of carbonyl (C=O) groups excluding carboxylic acids is 4. The largest absolute Gasteiger partial charge is 0.480 e. The van der Waals surface area contributed by atoms with E-state index in [4.69, 9.17) is 22.3 Å². The van der Waals surface area contributed by atoms with Gasteiger partial charge in [0.25, 0.3) is 11.8 Å². The molecule has 2 aromatic rings. The van der Waals surface area contributed by atoms with Crippen LogP contribution >= 0.6 is 0 Å². The van der Waals surface area contributed by atoms with Gasteiger partial charge in [0.05, 0.1) is 12.4 Å². The molecular weight excluding hydrogens is 544 g/mol. The number of nitrogen functional groups attached to an aromatic ring is 1. The van der Waals surface area contributed by atoms with Crippen LogP contribution in [0, 0.1) is 10.8 Å². The predicted octanol–water partition coefficient (Wildman–Crippen LogP) is -0.487. The minimum Gasteiger partial charge on any atom is -0.480 e. The van der Waals surface area contributed by atoms with Gasteiger partial charge in [-0.25, -0.2) is 0 Å². The van der Waals surface area contributed by atoms with Crippen molar-refractivity contribution in [1.82, 2.24) is 20.4 Å². The van der Waals surface area contributed by atoms with Crippen LogP contribution in [0.2, 0.25) is 0 Å². The lowest BCUT2D eigenvalue weighted by Gasteiger charge is -2.40. The molecule has 4 amide bonds. The number of hydrogen-bond acceptors (Lipinski definition) is 7. The highest BCUT2D eigenvalue weighted by atomic mass is 16.4. The Morgan fingerprint density at radius 3 is 2.02 bits per heavy atom. The number of amidine groups is 2. The minimum absolute atomic E-state index is 0.0155. The standard InChI is InChI=1S/C28H34N8O6/c29-22(30)14-17-3-5-19(6-4-17)26(40)33-11-1-2-21-28(42)35(16-24(38)39)12-13-36(21)23(37)15-34-27(41)20-9-7-18(8-10-20)25(31)32/h3-10,21H,1-2,11-16H2,(H3,29,30)(H3,31,32)(H,33,40)(H,34,41)(H,38,39)/t21-/m0/s1. The molecule has 1 heterocycles.